The Bertz CT molecular complexity index is 1760. The summed E-state index contributed by atoms with van der Waals surface area (Å²) < 4.78 is 0. The lowest BCUT2D eigenvalue weighted by Gasteiger charge is -2.05. The fourth-order valence-electron chi connectivity index (χ4n) is 3.58. The highest BCUT2D eigenvalue weighted by atomic mass is 16.3. The summed E-state index contributed by atoms with van der Waals surface area (Å²) in [7, 11) is 0. The standard InChI is InChI=1S/C33H21N5O4/c39-28-18-10-22(11-19-28)32(41)37-30-8-2-6-26(35-30)16-14-24-4-1-5-25(34-24)15-17-27-7-3-9-31(36-27)38-33(42)23-12-20-29(40)21-13-23/h1-13,18-21,39-40H,(H,35,37,41)(H,36,38,42). The van der Waals surface area contributed by atoms with Crippen molar-refractivity contribution in [2.75, 3.05) is 10.6 Å². The van der Waals surface area contributed by atoms with Gasteiger partial charge in [-0.1, -0.05) is 18.2 Å². The van der Waals surface area contributed by atoms with Crippen LogP contribution in [0.3, 0.4) is 0 Å². The molecule has 0 spiro atoms. The van der Waals surface area contributed by atoms with Crippen LogP contribution in [0.5, 0.6) is 11.5 Å². The zero-order chi connectivity index (χ0) is 29.3. The van der Waals surface area contributed by atoms with Crippen LogP contribution in [0.4, 0.5) is 11.6 Å². The van der Waals surface area contributed by atoms with Crippen LogP contribution in [0.1, 0.15) is 43.5 Å². The number of hydrogen-bond acceptors (Lipinski definition) is 7. The number of rotatable bonds is 4. The molecule has 202 valence electrons. The molecule has 0 saturated carbocycles. The fourth-order valence-corrected chi connectivity index (χ4v) is 3.58. The normalized spacial score (nSPS) is 9.90. The Morgan fingerprint density at radius 3 is 1.19 bits per heavy atom. The third-order valence-electron chi connectivity index (χ3n) is 5.63. The van der Waals surface area contributed by atoms with Crippen molar-refractivity contribution in [1.82, 2.24) is 15.0 Å². The highest BCUT2D eigenvalue weighted by Gasteiger charge is 2.08. The van der Waals surface area contributed by atoms with Crippen LogP contribution in [0.2, 0.25) is 0 Å². The topological polar surface area (TPSA) is 137 Å². The Hall–Kier alpha value is -6.45. The molecule has 5 aromatic rings. The van der Waals surface area contributed by atoms with Gasteiger partial charge in [-0.2, -0.15) is 0 Å². The average molecular weight is 552 g/mol. The minimum Gasteiger partial charge on any atom is -0.508 e. The number of aromatic hydroxyl groups is 2. The van der Waals surface area contributed by atoms with Crippen LogP contribution < -0.4 is 10.6 Å². The first-order valence-electron chi connectivity index (χ1n) is 12.6. The van der Waals surface area contributed by atoms with Gasteiger partial charge >= 0.3 is 0 Å². The maximum Gasteiger partial charge on any atom is 0.256 e. The summed E-state index contributed by atoms with van der Waals surface area (Å²) in [6.45, 7) is 0. The molecule has 0 aliphatic heterocycles. The lowest BCUT2D eigenvalue weighted by Crippen LogP contribution is -2.12. The van der Waals surface area contributed by atoms with E-state index in [9.17, 15) is 19.8 Å². The summed E-state index contributed by atoms with van der Waals surface area (Å²) in [6.07, 6.45) is 0. The Labute approximate surface area is 241 Å². The predicted octanol–water partition coefficient (Wildman–Crippen LogP) is 4.59. The summed E-state index contributed by atoms with van der Waals surface area (Å²) >= 11 is 0. The second kappa shape index (κ2) is 12.6. The number of amides is 2. The summed E-state index contributed by atoms with van der Waals surface area (Å²) in [5.41, 5.74) is 2.59. The van der Waals surface area contributed by atoms with Crippen LogP contribution in [0, 0.1) is 23.7 Å². The molecule has 0 aliphatic carbocycles. The molecule has 42 heavy (non-hydrogen) atoms. The monoisotopic (exact) mass is 551 g/mol. The van der Waals surface area contributed by atoms with Crippen LogP contribution in [0.25, 0.3) is 0 Å². The first kappa shape index (κ1) is 27.1. The number of nitrogens with one attached hydrogen (secondary N) is 2. The van der Waals surface area contributed by atoms with Crippen molar-refractivity contribution in [2.45, 2.75) is 0 Å². The SMILES string of the molecule is O=C(Nc1cccc(C#Cc2cccc(C#Cc3cccc(NC(=O)c4ccc(O)cc4)n3)n2)n1)c1ccc(O)cc1. The van der Waals surface area contributed by atoms with E-state index in [4.69, 9.17) is 0 Å². The molecule has 5 rings (SSSR count). The minimum atomic E-state index is -0.361. The van der Waals surface area contributed by atoms with Gasteiger partial charge in [0.05, 0.1) is 0 Å². The van der Waals surface area contributed by atoms with Gasteiger partial charge in [-0.15, -0.1) is 0 Å². The Morgan fingerprint density at radius 1 is 0.476 bits per heavy atom. The van der Waals surface area contributed by atoms with Crippen molar-refractivity contribution in [1.29, 1.82) is 0 Å². The lowest BCUT2D eigenvalue weighted by molar-refractivity contribution is 0.101. The third kappa shape index (κ3) is 7.35. The van der Waals surface area contributed by atoms with Crippen molar-refractivity contribution in [3.8, 4) is 35.2 Å². The zero-order valence-corrected chi connectivity index (χ0v) is 21.9. The largest absolute Gasteiger partial charge is 0.508 e. The second-order valence-corrected chi connectivity index (χ2v) is 8.73. The molecule has 0 bridgehead atoms. The van der Waals surface area contributed by atoms with Gasteiger partial charge in [-0.3, -0.25) is 9.59 Å². The van der Waals surface area contributed by atoms with Gasteiger partial charge in [0, 0.05) is 11.1 Å². The van der Waals surface area contributed by atoms with Crippen LogP contribution in [-0.4, -0.2) is 37.0 Å². The van der Waals surface area contributed by atoms with E-state index in [2.05, 4.69) is 49.3 Å². The average Bonchev–Trinajstić information content (AvgIpc) is 3.00. The Balaban J connectivity index is 1.25. The number of anilines is 2. The molecule has 0 atom stereocenters. The van der Waals surface area contributed by atoms with Crippen molar-refractivity contribution < 1.29 is 19.8 Å². The number of phenols is 2. The lowest BCUT2D eigenvalue weighted by atomic mass is 10.2. The number of aromatic nitrogens is 3. The summed E-state index contributed by atoms with van der Waals surface area (Å²) in [5, 5.41) is 24.2. The molecule has 0 unspecified atom stereocenters. The van der Waals surface area contributed by atoms with Gasteiger partial charge in [-0.05, 0) is 109 Å². The zero-order valence-electron chi connectivity index (χ0n) is 21.9. The van der Waals surface area contributed by atoms with E-state index < -0.39 is 0 Å². The molecular formula is C33H21N5O4. The highest BCUT2D eigenvalue weighted by molar-refractivity contribution is 6.04. The van der Waals surface area contributed by atoms with Crippen LogP contribution in [0.15, 0.2) is 103 Å². The van der Waals surface area contributed by atoms with Gasteiger partial charge in [0.15, 0.2) is 0 Å². The fraction of sp³-hybridized carbons (Fsp3) is 0. The van der Waals surface area contributed by atoms with Crippen molar-refractivity contribution >= 4 is 23.5 Å². The van der Waals surface area contributed by atoms with Crippen molar-refractivity contribution in [2.24, 2.45) is 0 Å². The Morgan fingerprint density at radius 2 is 0.810 bits per heavy atom. The summed E-state index contributed by atoms with van der Waals surface area (Å²) in [5.74, 6) is 11.9. The number of nitrogens with zero attached hydrogens (tertiary/aromatic N) is 3. The van der Waals surface area contributed by atoms with Crippen LogP contribution >= 0.6 is 0 Å². The first-order chi connectivity index (χ1) is 20.4. The molecule has 9 nitrogen and oxygen atoms in total. The number of phenolic OH excluding ortho intramolecular Hbond substituents is 2. The molecule has 0 saturated heterocycles. The second-order valence-electron chi connectivity index (χ2n) is 8.73. The van der Waals surface area contributed by atoms with Gasteiger partial charge < -0.3 is 20.8 Å². The molecule has 0 fully saturated rings. The van der Waals surface area contributed by atoms with E-state index in [0.717, 1.165) is 0 Å². The molecule has 0 radical (unpaired) electrons. The third-order valence-corrected chi connectivity index (χ3v) is 5.63. The van der Waals surface area contributed by atoms with Crippen LogP contribution in [-0.2, 0) is 0 Å². The van der Waals surface area contributed by atoms with E-state index in [0.29, 0.717) is 45.5 Å². The molecular weight excluding hydrogens is 530 g/mol. The Kier molecular flexibility index (Phi) is 8.14. The molecule has 9 heteroatoms. The van der Waals surface area contributed by atoms with E-state index in [1.807, 2.05) is 0 Å². The molecule has 3 aromatic heterocycles. The molecule has 2 aromatic carbocycles. The predicted molar refractivity (Wildman–Crippen MR) is 157 cm³/mol. The quantitative estimate of drug-likeness (QED) is 0.240. The van der Waals surface area contributed by atoms with Crippen molar-refractivity contribution in [3.05, 3.63) is 137 Å². The van der Waals surface area contributed by atoms with E-state index in [1.54, 1.807) is 54.6 Å². The van der Waals surface area contributed by atoms with Gasteiger partial charge in [0.1, 0.15) is 45.9 Å². The molecule has 0 aliphatic rings. The van der Waals surface area contributed by atoms with E-state index in [1.165, 1.54) is 48.5 Å². The first-order valence-corrected chi connectivity index (χ1v) is 12.6. The molecule has 3 heterocycles. The number of carbonyl (C=O) groups excluding carboxylic acids is 2. The molecule has 4 N–H and O–H groups in total. The maximum absolute atomic E-state index is 12.4. The number of hydrogen-bond donors (Lipinski definition) is 4. The van der Waals surface area contributed by atoms with E-state index in [-0.39, 0.29) is 23.3 Å². The van der Waals surface area contributed by atoms with Crippen molar-refractivity contribution in [3.63, 3.8) is 0 Å². The highest BCUT2D eigenvalue weighted by Crippen LogP contribution is 2.13. The minimum absolute atomic E-state index is 0.0738. The number of carbonyl (C=O) groups is 2. The molecule has 2 amide bonds. The summed E-state index contributed by atoms with van der Waals surface area (Å²) in [6, 6.07) is 27.3. The maximum atomic E-state index is 12.4. The van der Waals surface area contributed by atoms with E-state index >= 15 is 0 Å². The van der Waals surface area contributed by atoms with Gasteiger partial charge in [-0.25, -0.2) is 15.0 Å². The van der Waals surface area contributed by atoms with Gasteiger partial charge in [0.2, 0.25) is 0 Å². The summed E-state index contributed by atoms with van der Waals surface area (Å²) in [4.78, 5) is 38.0. The number of pyridine rings is 3. The van der Waals surface area contributed by atoms with Gasteiger partial charge in [0.25, 0.3) is 11.8 Å². The smallest absolute Gasteiger partial charge is 0.256 e. The number of benzene rings is 2.